The number of rotatable bonds is 1. The predicted molar refractivity (Wildman–Crippen MR) is 46.2 cm³/mol. The molecule has 0 radical (unpaired) electrons. The predicted octanol–water partition coefficient (Wildman–Crippen LogP) is 1.29. The van der Waals surface area contributed by atoms with Crippen molar-refractivity contribution in [3.63, 3.8) is 0 Å². The van der Waals surface area contributed by atoms with E-state index < -0.39 is 5.97 Å². The molecule has 5 heteroatoms. The molecule has 1 aromatic heterocycles. The van der Waals surface area contributed by atoms with Crippen LogP contribution in [0.15, 0.2) is 12.4 Å². The summed E-state index contributed by atoms with van der Waals surface area (Å²) in [5.41, 5.74) is 0.366. The number of halogens is 1. The van der Waals surface area contributed by atoms with Crippen LogP contribution in [-0.2, 0) is 3.07 Å². The minimum atomic E-state index is -0.425. The van der Waals surface area contributed by atoms with Gasteiger partial charge in [0.25, 0.3) is 0 Å². The summed E-state index contributed by atoms with van der Waals surface area (Å²) in [5, 5.41) is 0. The molecule has 0 saturated heterocycles. The molecule has 0 bridgehead atoms. The van der Waals surface area contributed by atoms with E-state index in [1.54, 1.807) is 6.92 Å². The van der Waals surface area contributed by atoms with E-state index in [4.69, 9.17) is 0 Å². The fourth-order valence-electron chi connectivity index (χ4n) is 0.543. The Hall–Kier alpha value is -0.720. The van der Waals surface area contributed by atoms with Crippen molar-refractivity contribution in [3.8, 4) is 0 Å². The van der Waals surface area contributed by atoms with Crippen LogP contribution < -0.4 is 0 Å². The van der Waals surface area contributed by atoms with Crippen molar-refractivity contribution >= 4 is 29.0 Å². The topological polar surface area (TPSA) is 52.1 Å². The first-order valence-electron chi connectivity index (χ1n) is 2.85. The summed E-state index contributed by atoms with van der Waals surface area (Å²) in [6, 6.07) is 0. The number of hydrogen-bond donors (Lipinski definition) is 0. The van der Waals surface area contributed by atoms with Gasteiger partial charge in [0.1, 0.15) is 5.82 Å². The smallest absolute Gasteiger partial charge is 0.350 e. The van der Waals surface area contributed by atoms with Gasteiger partial charge in [0.2, 0.25) is 0 Å². The number of carbonyl (C=O) groups excluding carboxylic acids is 1. The SMILES string of the molecule is Cc1ncc(C(=O)OI)cn1. The summed E-state index contributed by atoms with van der Waals surface area (Å²) in [6.45, 7) is 1.75. The Bertz CT molecular complexity index is 260. The summed E-state index contributed by atoms with van der Waals surface area (Å²) >= 11 is 1.52. The standard InChI is InChI=1S/C6H5IN2O2/c1-4-8-2-5(3-9-4)6(10)11-7/h2-3H,1H3. The van der Waals surface area contributed by atoms with Crippen molar-refractivity contribution < 1.29 is 7.86 Å². The van der Waals surface area contributed by atoms with Gasteiger partial charge in [0, 0.05) is 12.4 Å². The lowest BCUT2D eigenvalue weighted by Gasteiger charge is -1.94. The Kier molecular flexibility index (Phi) is 2.75. The molecule has 1 rings (SSSR count). The molecule has 0 aliphatic carbocycles. The maximum atomic E-state index is 10.8. The summed E-state index contributed by atoms with van der Waals surface area (Å²) in [6.07, 6.45) is 2.87. The third kappa shape index (κ3) is 2.11. The maximum absolute atomic E-state index is 10.8. The molecule has 0 aromatic carbocycles. The first-order chi connectivity index (χ1) is 5.24. The van der Waals surface area contributed by atoms with Crippen molar-refractivity contribution in [1.82, 2.24) is 9.97 Å². The second-order valence-corrected chi connectivity index (χ2v) is 2.32. The van der Waals surface area contributed by atoms with Crippen LogP contribution in [0.4, 0.5) is 0 Å². The quantitative estimate of drug-likeness (QED) is 0.717. The zero-order valence-electron chi connectivity index (χ0n) is 5.74. The summed E-state index contributed by atoms with van der Waals surface area (Å²) in [7, 11) is 0. The first kappa shape index (κ1) is 8.38. The van der Waals surface area contributed by atoms with E-state index in [0.717, 1.165) is 0 Å². The van der Waals surface area contributed by atoms with Crippen LogP contribution in [0.5, 0.6) is 0 Å². The second kappa shape index (κ2) is 3.61. The lowest BCUT2D eigenvalue weighted by atomic mass is 10.3. The normalized spacial score (nSPS) is 9.27. The molecular weight excluding hydrogens is 259 g/mol. The average molecular weight is 264 g/mol. The Morgan fingerprint density at radius 3 is 2.55 bits per heavy atom. The number of carbonyl (C=O) groups is 1. The molecule has 0 N–H and O–H groups in total. The molecule has 1 heterocycles. The molecule has 0 aliphatic rings. The fraction of sp³-hybridized carbons (Fsp3) is 0.167. The van der Waals surface area contributed by atoms with Crippen LogP contribution >= 0.6 is 23.0 Å². The molecule has 0 unspecified atom stereocenters. The highest BCUT2D eigenvalue weighted by atomic mass is 127. The maximum Gasteiger partial charge on any atom is 0.350 e. The van der Waals surface area contributed by atoms with E-state index in [-0.39, 0.29) is 0 Å². The minimum Gasteiger partial charge on any atom is -0.391 e. The van der Waals surface area contributed by atoms with Gasteiger partial charge in [-0.15, -0.1) is 0 Å². The average Bonchev–Trinajstić information content (AvgIpc) is 2.05. The molecule has 1 aromatic rings. The Balaban J connectivity index is 2.90. The summed E-state index contributed by atoms with van der Waals surface area (Å²) in [4.78, 5) is 18.5. The molecule has 11 heavy (non-hydrogen) atoms. The third-order valence-corrected chi connectivity index (χ3v) is 1.49. The first-order valence-corrected chi connectivity index (χ1v) is 3.73. The largest absolute Gasteiger partial charge is 0.391 e. The highest BCUT2D eigenvalue weighted by Crippen LogP contribution is 2.00. The van der Waals surface area contributed by atoms with Gasteiger partial charge in [-0.3, -0.25) is 0 Å². The van der Waals surface area contributed by atoms with Gasteiger partial charge in [0.05, 0.1) is 5.56 Å². The van der Waals surface area contributed by atoms with Gasteiger partial charge >= 0.3 is 5.97 Å². The highest BCUT2D eigenvalue weighted by Gasteiger charge is 2.05. The van der Waals surface area contributed by atoms with Crippen molar-refractivity contribution in [2.75, 3.05) is 0 Å². The zero-order chi connectivity index (χ0) is 8.27. The third-order valence-electron chi connectivity index (χ3n) is 1.09. The number of aromatic nitrogens is 2. The Labute approximate surface area is 77.7 Å². The van der Waals surface area contributed by atoms with Crippen molar-refractivity contribution in [3.05, 3.63) is 23.8 Å². The molecule has 0 fully saturated rings. The fourth-order valence-corrected chi connectivity index (χ4v) is 0.797. The van der Waals surface area contributed by atoms with Crippen molar-refractivity contribution in [1.29, 1.82) is 0 Å². The molecular formula is C6H5IN2O2. The van der Waals surface area contributed by atoms with Crippen LogP contribution in [-0.4, -0.2) is 15.9 Å². The monoisotopic (exact) mass is 264 g/mol. The highest BCUT2D eigenvalue weighted by molar-refractivity contribution is 14.1. The van der Waals surface area contributed by atoms with Crippen LogP contribution in [0.2, 0.25) is 0 Å². The van der Waals surface area contributed by atoms with Gasteiger partial charge in [-0.2, -0.15) is 0 Å². The molecule has 0 saturated carbocycles. The molecule has 4 nitrogen and oxygen atoms in total. The second-order valence-electron chi connectivity index (χ2n) is 1.88. The van der Waals surface area contributed by atoms with Gasteiger partial charge in [-0.1, -0.05) is 0 Å². The minimum absolute atomic E-state index is 0.366. The van der Waals surface area contributed by atoms with Crippen molar-refractivity contribution in [2.45, 2.75) is 6.92 Å². The number of aryl methyl sites for hydroxylation is 1. The Morgan fingerprint density at radius 2 is 2.09 bits per heavy atom. The molecule has 0 spiro atoms. The van der Waals surface area contributed by atoms with Crippen LogP contribution in [0, 0.1) is 6.92 Å². The van der Waals surface area contributed by atoms with Crippen molar-refractivity contribution in [2.24, 2.45) is 0 Å². The lowest BCUT2D eigenvalue weighted by Crippen LogP contribution is -2.00. The van der Waals surface area contributed by atoms with E-state index in [1.807, 2.05) is 0 Å². The molecule has 58 valence electrons. The number of hydrogen-bond acceptors (Lipinski definition) is 4. The van der Waals surface area contributed by atoms with Crippen LogP contribution in [0.25, 0.3) is 0 Å². The summed E-state index contributed by atoms with van der Waals surface area (Å²) < 4.78 is 4.43. The van der Waals surface area contributed by atoms with Gasteiger partial charge < -0.3 is 3.07 Å². The Morgan fingerprint density at radius 1 is 1.55 bits per heavy atom. The van der Waals surface area contributed by atoms with Crippen LogP contribution in [0.1, 0.15) is 16.2 Å². The summed E-state index contributed by atoms with van der Waals surface area (Å²) in [5.74, 6) is 0.209. The van der Waals surface area contributed by atoms with E-state index in [2.05, 4.69) is 13.0 Å². The van der Waals surface area contributed by atoms with E-state index in [9.17, 15) is 4.79 Å². The van der Waals surface area contributed by atoms with Gasteiger partial charge in [-0.25, -0.2) is 14.8 Å². The zero-order valence-corrected chi connectivity index (χ0v) is 7.90. The molecule has 0 amide bonds. The van der Waals surface area contributed by atoms with E-state index in [1.165, 1.54) is 35.4 Å². The van der Waals surface area contributed by atoms with E-state index in [0.29, 0.717) is 11.4 Å². The van der Waals surface area contributed by atoms with Gasteiger partial charge in [-0.05, 0) is 6.92 Å². The number of nitrogens with zero attached hydrogens (tertiary/aromatic N) is 2. The molecule has 0 atom stereocenters. The van der Waals surface area contributed by atoms with Gasteiger partial charge in [0.15, 0.2) is 23.0 Å². The van der Waals surface area contributed by atoms with E-state index >= 15 is 0 Å². The molecule has 0 aliphatic heterocycles. The van der Waals surface area contributed by atoms with Crippen LogP contribution in [0.3, 0.4) is 0 Å². The lowest BCUT2D eigenvalue weighted by molar-refractivity contribution is 0.0799.